The highest BCUT2D eigenvalue weighted by molar-refractivity contribution is 5.94. The van der Waals surface area contributed by atoms with Gasteiger partial charge in [-0.3, -0.25) is 9.78 Å². The summed E-state index contributed by atoms with van der Waals surface area (Å²) < 4.78 is 4.69. The molecule has 25 heavy (non-hydrogen) atoms. The highest BCUT2D eigenvalue weighted by atomic mass is 16.5. The third-order valence-corrected chi connectivity index (χ3v) is 4.47. The zero-order chi connectivity index (χ0) is 17.6. The minimum absolute atomic E-state index is 0.00147. The van der Waals surface area contributed by atoms with E-state index in [1.54, 1.807) is 30.6 Å². The van der Waals surface area contributed by atoms with Gasteiger partial charge in [-0.1, -0.05) is 18.9 Å². The van der Waals surface area contributed by atoms with E-state index in [4.69, 9.17) is 4.74 Å². The smallest absolute Gasteiger partial charge is 0.356 e. The molecule has 0 aliphatic carbocycles. The van der Waals surface area contributed by atoms with E-state index < -0.39 is 5.97 Å². The number of carbonyl (C=O) groups is 2. The standard InChI is InChI=1S/C19H21N3O3/c1-25-19(24)16-7-5-6-15(21-16)18(23)22-13-4-2-3-8-17(22)14-9-11-20-12-10-14/h5-7,9-12,17H,2-4,8,13H2,1H3/t17-/m0/s1. The second kappa shape index (κ2) is 7.88. The molecule has 1 aliphatic heterocycles. The van der Waals surface area contributed by atoms with Gasteiger partial charge in [0.05, 0.1) is 13.2 Å². The van der Waals surface area contributed by atoms with E-state index in [1.165, 1.54) is 7.11 Å². The van der Waals surface area contributed by atoms with Gasteiger partial charge < -0.3 is 9.64 Å². The van der Waals surface area contributed by atoms with E-state index in [0.29, 0.717) is 6.54 Å². The molecule has 0 saturated carbocycles. The van der Waals surface area contributed by atoms with Crippen LogP contribution < -0.4 is 0 Å². The predicted molar refractivity (Wildman–Crippen MR) is 92.1 cm³/mol. The molecule has 0 aromatic carbocycles. The predicted octanol–water partition coefficient (Wildman–Crippen LogP) is 3.02. The molecule has 1 atom stereocenters. The topological polar surface area (TPSA) is 72.4 Å². The second-order valence-corrected chi connectivity index (χ2v) is 6.04. The van der Waals surface area contributed by atoms with Crippen molar-refractivity contribution in [2.24, 2.45) is 0 Å². The van der Waals surface area contributed by atoms with Crippen LogP contribution >= 0.6 is 0 Å². The lowest BCUT2D eigenvalue weighted by Gasteiger charge is -2.30. The van der Waals surface area contributed by atoms with E-state index in [9.17, 15) is 9.59 Å². The average molecular weight is 339 g/mol. The first kappa shape index (κ1) is 17.1. The van der Waals surface area contributed by atoms with Crippen LogP contribution in [0.15, 0.2) is 42.7 Å². The van der Waals surface area contributed by atoms with Crippen molar-refractivity contribution in [1.29, 1.82) is 0 Å². The number of carbonyl (C=O) groups excluding carboxylic acids is 2. The lowest BCUT2D eigenvalue weighted by atomic mass is 10.0. The van der Waals surface area contributed by atoms with Crippen molar-refractivity contribution in [3.63, 3.8) is 0 Å². The van der Waals surface area contributed by atoms with Gasteiger partial charge in [0.2, 0.25) is 0 Å². The zero-order valence-corrected chi connectivity index (χ0v) is 14.2. The molecule has 2 aromatic rings. The van der Waals surface area contributed by atoms with Crippen LogP contribution in [0.25, 0.3) is 0 Å². The molecule has 6 nitrogen and oxygen atoms in total. The first-order valence-corrected chi connectivity index (χ1v) is 8.47. The maximum Gasteiger partial charge on any atom is 0.356 e. The summed E-state index contributed by atoms with van der Waals surface area (Å²) in [6, 6.07) is 8.75. The van der Waals surface area contributed by atoms with E-state index in [1.807, 2.05) is 17.0 Å². The number of esters is 1. The SMILES string of the molecule is COC(=O)c1cccc(C(=O)N2CCCCC[C@H]2c2ccncc2)n1. The van der Waals surface area contributed by atoms with Crippen LogP contribution in [0.1, 0.15) is 58.3 Å². The maximum absolute atomic E-state index is 13.1. The first-order valence-electron chi connectivity index (χ1n) is 8.47. The number of rotatable bonds is 3. The van der Waals surface area contributed by atoms with Crippen molar-refractivity contribution in [2.45, 2.75) is 31.7 Å². The Morgan fingerprint density at radius 2 is 1.84 bits per heavy atom. The van der Waals surface area contributed by atoms with Crippen LogP contribution in [-0.4, -0.2) is 40.4 Å². The van der Waals surface area contributed by atoms with Crippen molar-refractivity contribution in [3.8, 4) is 0 Å². The molecule has 1 fully saturated rings. The molecule has 130 valence electrons. The summed E-state index contributed by atoms with van der Waals surface area (Å²) in [7, 11) is 1.30. The molecule has 6 heteroatoms. The Hall–Kier alpha value is -2.76. The molecule has 3 rings (SSSR count). The lowest BCUT2D eigenvalue weighted by Crippen LogP contribution is -2.35. The highest BCUT2D eigenvalue weighted by Gasteiger charge is 2.28. The Kier molecular flexibility index (Phi) is 5.38. The van der Waals surface area contributed by atoms with Gasteiger partial charge in [-0.25, -0.2) is 9.78 Å². The van der Waals surface area contributed by atoms with Crippen molar-refractivity contribution in [1.82, 2.24) is 14.9 Å². The summed E-state index contributed by atoms with van der Waals surface area (Å²) in [4.78, 5) is 34.9. The largest absolute Gasteiger partial charge is 0.464 e. The molecule has 0 spiro atoms. The molecular formula is C19H21N3O3. The second-order valence-electron chi connectivity index (χ2n) is 6.04. The number of nitrogens with zero attached hydrogens (tertiary/aromatic N) is 3. The maximum atomic E-state index is 13.1. The Morgan fingerprint density at radius 1 is 1.08 bits per heavy atom. The molecule has 0 N–H and O–H groups in total. The number of aromatic nitrogens is 2. The van der Waals surface area contributed by atoms with Gasteiger partial charge in [0.1, 0.15) is 11.4 Å². The number of ether oxygens (including phenoxy) is 1. The summed E-state index contributed by atoms with van der Waals surface area (Å²) in [6.07, 6.45) is 7.54. The Labute approximate surface area is 146 Å². The summed E-state index contributed by atoms with van der Waals surface area (Å²) in [5.74, 6) is -0.703. The number of methoxy groups -OCH3 is 1. The number of pyridine rings is 2. The summed E-state index contributed by atoms with van der Waals surface area (Å²) >= 11 is 0. The van der Waals surface area contributed by atoms with Crippen molar-refractivity contribution in [3.05, 3.63) is 59.7 Å². The van der Waals surface area contributed by atoms with Crippen molar-refractivity contribution >= 4 is 11.9 Å². The molecule has 0 unspecified atom stereocenters. The number of hydrogen-bond acceptors (Lipinski definition) is 5. The Balaban J connectivity index is 1.91. The fraction of sp³-hybridized carbons (Fsp3) is 0.368. The summed E-state index contributed by atoms with van der Waals surface area (Å²) in [6.45, 7) is 0.677. The van der Waals surface area contributed by atoms with Crippen molar-refractivity contribution < 1.29 is 14.3 Å². The monoisotopic (exact) mass is 339 g/mol. The van der Waals surface area contributed by atoms with Crippen LogP contribution in [0.3, 0.4) is 0 Å². The molecule has 3 heterocycles. The Bertz CT molecular complexity index is 749. The number of likely N-dealkylation sites (tertiary alicyclic amines) is 1. The third-order valence-electron chi connectivity index (χ3n) is 4.47. The molecule has 2 aromatic heterocycles. The van der Waals surface area contributed by atoms with E-state index in [0.717, 1.165) is 31.2 Å². The van der Waals surface area contributed by atoms with Crippen LogP contribution in [0.2, 0.25) is 0 Å². The Morgan fingerprint density at radius 3 is 2.60 bits per heavy atom. The van der Waals surface area contributed by atoms with E-state index in [2.05, 4.69) is 9.97 Å². The van der Waals surface area contributed by atoms with Gasteiger partial charge >= 0.3 is 5.97 Å². The zero-order valence-electron chi connectivity index (χ0n) is 14.2. The van der Waals surface area contributed by atoms with E-state index in [-0.39, 0.29) is 23.3 Å². The highest BCUT2D eigenvalue weighted by Crippen LogP contribution is 2.30. The van der Waals surface area contributed by atoms with E-state index >= 15 is 0 Å². The van der Waals surface area contributed by atoms with Crippen LogP contribution in [0.5, 0.6) is 0 Å². The van der Waals surface area contributed by atoms with Crippen LogP contribution in [-0.2, 0) is 4.74 Å². The van der Waals surface area contributed by atoms with Crippen molar-refractivity contribution in [2.75, 3.05) is 13.7 Å². The van der Waals surface area contributed by atoms with Crippen LogP contribution in [0.4, 0.5) is 0 Å². The molecule has 0 bridgehead atoms. The van der Waals surface area contributed by atoms with Crippen LogP contribution in [0, 0.1) is 0 Å². The molecule has 0 radical (unpaired) electrons. The fourth-order valence-electron chi connectivity index (χ4n) is 3.20. The summed E-state index contributed by atoms with van der Waals surface area (Å²) in [5.41, 5.74) is 1.49. The fourth-order valence-corrected chi connectivity index (χ4v) is 3.20. The number of hydrogen-bond donors (Lipinski definition) is 0. The average Bonchev–Trinajstić information content (AvgIpc) is 2.93. The normalized spacial score (nSPS) is 17.6. The summed E-state index contributed by atoms with van der Waals surface area (Å²) in [5, 5.41) is 0. The van der Waals surface area contributed by atoms with Gasteiger partial charge in [-0.15, -0.1) is 0 Å². The third kappa shape index (κ3) is 3.84. The minimum atomic E-state index is -0.545. The van der Waals surface area contributed by atoms with Gasteiger partial charge in [-0.2, -0.15) is 0 Å². The van der Waals surface area contributed by atoms with Gasteiger partial charge in [0.25, 0.3) is 5.91 Å². The molecule has 1 amide bonds. The van der Waals surface area contributed by atoms with Gasteiger partial charge in [0.15, 0.2) is 0 Å². The molecule has 1 aliphatic rings. The minimum Gasteiger partial charge on any atom is -0.464 e. The lowest BCUT2D eigenvalue weighted by molar-refractivity contribution is 0.0593. The van der Waals surface area contributed by atoms with Gasteiger partial charge in [-0.05, 0) is 42.7 Å². The molecule has 1 saturated heterocycles. The molecular weight excluding hydrogens is 318 g/mol. The number of amides is 1. The first-order chi connectivity index (χ1) is 12.2. The quantitative estimate of drug-likeness (QED) is 0.804. The van der Waals surface area contributed by atoms with Gasteiger partial charge in [0, 0.05) is 18.9 Å².